The number of nitrogens with zero attached hydrogens (tertiary/aromatic N) is 2. The number of anilines is 4. The lowest BCUT2D eigenvalue weighted by atomic mass is 10.5. The number of hydrogen-bond acceptors (Lipinski definition) is 8. The number of nitrogens with two attached hydrogens (primary N) is 4. The van der Waals surface area contributed by atoms with Crippen LogP contribution in [0.15, 0.2) is 19.2 Å². The molecule has 0 amide bonds. The number of hydrogen-bond donors (Lipinski definition) is 6. The maximum absolute atomic E-state index is 10.9. The minimum Gasteiger partial charge on any atom is -0.412 e. The Morgan fingerprint density at radius 2 is 0.957 bits per heavy atom. The van der Waals surface area contributed by atoms with Gasteiger partial charge in [0, 0.05) is 14.1 Å². The van der Waals surface area contributed by atoms with Crippen molar-refractivity contribution in [1.29, 1.82) is 0 Å². The highest BCUT2D eigenvalue weighted by Crippen LogP contribution is 1.98. The molecule has 13 heteroatoms. The van der Waals surface area contributed by atoms with Gasteiger partial charge >= 0.3 is 11.4 Å². The largest absolute Gasteiger partial charge is 0.412 e. The molecule has 0 radical (unpaired) electrons. The van der Waals surface area contributed by atoms with Gasteiger partial charge in [-0.1, -0.05) is 0 Å². The highest BCUT2D eigenvalue weighted by Gasteiger charge is 2.04. The number of rotatable bonds is 0. The number of H-pyrrole nitrogens is 2. The lowest BCUT2D eigenvalue weighted by molar-refractivity contribution is 0.783. The number of nitrogens with one attached hydrogen (secondary N) is 2. The summed E-state index contributed by atoms with van der Waals surface area (Å²) in [6.45, 7) is 0. The summed E-state index contributed by atoms with van der Waals surface area (Å²) >= 11 is 0. The van der Waals surface area contributed by atoms with Crippen LogP contribution in [0.1, 0.15) is 0 Å². The summed E-state index contributed by atoms with van der Waals surface area (Å²) in [5.74, 6) is -0.170. The molecular formula is C10H18N8O5. The number of aromatic amines is 2. The third-order valence-electron chi connectivity index (χ3n) is 2.74. The van der Waals surface area contributed by atoms with Gasteiger partial charge in [0.25, 0.3) is 11.1 Å². The SMILES string of the molecule is Cn1c(=O)[nH]c(N)c(N)c1=O.Cn1c(=O)[nH]c(N)c(N)c1=O.O. The van der Waals surface area contributed by atoms with Crippen molar-refractivity contribution < 1.29 is 5.48 Å². The molecule has 12 N–H and O–H groups in total. The summed E-state index contributed by atoms with van der Waals surface area (Å²) in [5, 5.41) is 0. The second kappa shape index (κ2) is 6.99. The van der Waals surface area contributed by atoms with Gasteiger partial charge in [-0.15, -0.1) is 0 Å². The van der Waals surface area contributed by atoms with Crippen LogP contribution in [-0.4, -0.2) is 24.6 Å². The van der Waals surface area contributed by atoms with E-state index < -0.39 is 22.5 Å². The molecule has 0 atom stereocenters. The first-order valence-electron chi connectivity index (χ1n) is 5.76. The summed E-state index contributed by atoms with van der Waals surface area (Å²) in [6.07, 6.45) is 0. The van der Waals surface area contributed by atoms with Gasteiger partial charge in [-0.3, -0.25) is 28.7 Å². The Hall–Kier alpha value is -3.48. The zero-order chi connectivity index (χ0) is 17.2. The van der Waals surface area contributed by atoms with Gasteiger partial charge in [-0.05, 0) is 0 Å². The van der Waals surface area contributed by atoms with Crippen LogP contribution in [0.25, 0.3) is 0 Å². The molecule has 23 heavy (non-hydrogen) atoms. The smallest absolute Gasteiger partial charge is 0.329 e. The van der Waals surface area contributed by atoms with E-state index in [-0.39, 0.29) is 28.5 Å². The van der Waals surface area contributed by atoms with Gasteiger partial charge in [0.2, 0.25) is 0 Å². The molecule has 0 fully saturated rings. The van der Waals surface area contributed by atoms with Crippen LogP contribution in [-0.2, 0) is 14.1 Å². The fourth-order valence-corrected chi connectivity index (χ4v) is 1.31. The van der Waals surface area contributed by atoms with Gasteiger partial charge in [0.05, 0.1) is 0 Å². The Morgan fingerprint density at radius 1 is 0.696 bits per heavy atom. The summed E-state index contributed by atoms with van der Waals surface area (Å²) in [5.41, 5.74) is 18.3. The molecule has 128 valence electrons. The Balaban J connectivity index is 0.000000403. The first-order valence-corrected chi connectivity index (χ1v) is 5.76. The van der Waals surface area contributed by atoms with E-state index in [1.54, 1.807) is 0 Å². The fourth-order valence-electron chi connectivity index (χ4n) is 1.31. The molecule has 0 aromatic carbocycles. The number of aromatic nitrogens is 4. The fraction of sp³-hybridized carbons (Fsp3) is 0.200. The Labute approximate surface area is 127 Å². The lowest BCUT2D eigenvalue weighted by Crippen LogP contribution is -2.35. The first-order chi connectivity index (χ1) is 10.1. The van der Waals surface area contributed by atoms with Crippen LogP contribution in [0.5, 0.6) is 0 Å². The van der Waals surface area contributed by atoms with Crippen LogP contribution in [0.2, 0.25) is 0 Å². The first kappa shape index (κ1) is 19.5. The quantitative estimate of drug-likeness (QED) is 0.274. The van der Waals surface area contributed by atoms with Crippen LogP contribution < -0.4 is 45.4 Å². The Kier molecular flexibility index (Phi) is 5.93. The van der Waals surface area contributed by atoms with E-state index in [1.807, 2.05) is 0 Å². The predicted molar refractivity (Wildman–Crippen MR) is 85.9 cm³/mol. The molecule has 0 spiro atoms. The van der Waals surface area contributed by atoms with Crippen molar-refractivity contribution >= 4 is 23.0 Å². The normalized spacial score (nSPS) is 9.48. The molecule has 13 nitrogen and oxygen atoms in total. The van der Waals surface area contributed by atoms with E-state index in [4.69, 9.17) is 22.9 Å². The second-order valence-corrected chi connectivity index (χ2v) is 4.24. The van der Waals surface area contributed by atoms with E-state index in [9.17, 15) is 19.2 Å². The van der Waals surface area contributed by atoms with Gasteiger partial charge in [0.15, 0.2) is 0 Å². The maximum atomic E-state index is 10.9. The standard InChI is InChI=1S/2C5H8N4O2.H2O/c2*1-9-4(10)2(6)3(7)8-5(9)11;/h2*6-7H2,1H3,(H,8,11);1H2. The molecule has 0 unspecified atom stereocenters. The summed E-state index contributed by atoms with van der Waals surface area (Å²) in [6, 6.07) is 0. The molecule has 0 saturated heterocycles. The lowest BCUT2D eigenvalue weighted by Gasteiger charge is -1.99. The van der Waals surface area contributed by atoms with Gasteiger partial charge in [-0.2, -0.15) is 0 Å². The second-order valence-electron chi connectivity index (χ2n) is 4.24. The van der Waals surface area contributed by atoms with Crippen molar-refractivity contribution in [2.75, 3.05) is 22.9 Å². The molecule has 0 saturated carbocycles. The van der Waals surface area contributed by atoms with E-state index in [0.29, 0.717) is 0 Å². The molecule has 0 aliphatic rings. The summed E-state index contributed by atoms with van der Waals surface area (Å²) < 4.78 is 1.71. The molecule has 2 rings (SSSR count). The highest BCUT2D eigenvalue weighted by atomic mass is 16.2. The van der Waals surface area contributed by atoms with Crippen molar-refractivity contribution in [2.45, 2.75) is 0 Å². The average molecular weight is 330 g/mol. The van der Waals surface area contributed by atoms with Crippen molar-refractivity contribution in [3.63, 3.8) is 0 Å². The highest BCUT2D eigenvalue weighted by molar-refractivity contribution is 5.55. The predicted octanol–water partition coefficient (Wildman–Crippen LogP) is -4.35. The van der Waals surface area contributed by atoms with Crippen LogP contribution in [0, 0.1) is 0 Å². The van der Waals surface area contributed by atoms with Crippen LogP contribution in [0.4, 0.5) is 23.0 Å². The van der Waals surface area contributed by atoms with Crippen LogP contribution in [0.3, 0.4) is 0 Å². The van der Waals surface area contributed by atoms with Gasteiger partial charge in [0.1, 0.15) is 23.0 Å². The summed E-state index contributed by atoms with van der Waals surface area (Å²) in [4.78, 5) is 47.9. The zero-order valence-corrected chi connectivity index (χ0v) is 12.3. The topological polar surface area (TPSA) is 245 Å². The molecule has 0 aliphatic carbocycles. The van der Waals surface area contributed by atoms with Gasteiger partial charge < -0.3 is 28.4 Å². The third-order valence-corrected chi connectivity index (χ3v) is 2.74. The molecular weight excluding hydrogens is 312 g/mol. The van der Waals surface area contributed by atoms with E-state index >= 15 is 0 Å². The van der Waals surface area contributed by atoms with Crippen molar-refractivity contribution in [3.05, 3.63) is 41.7 Å². The maximum Gasteiger partial charge on any atom is 0.329 e. The van der Waals surface area contributed by atoms with E-state index in [1.165, 1.54) is 14.1 Å². The molecule has 2 heterocycles. The molecule has 2 aromatic heterocycles. The minimum absolute atomic E-state index is 0. The molecule has 0 bridgehead atoms. The molecule has 2 aromatic rings. The molecule has 0 aliphatic heterocycles. The van der Waals surface area contributed by atoms with E-state index in [0.717, 1.165) is 9.13 Å². The number of nitrogen functional groups attached to an aromatic ring is 4. The van der Waals surface area contributed by atoms with Gasteiger partial charge in [-0.25, -0.2) is 9.59 Å². The third kappa shape index (κ3) is 3.79. The average Bonchev–Trinajstić information content (AvgIpc) is 2.47. The minimum atomic E-state index is -0.578. The van der Waals surface area contributed by atoms with Crippen molar-refractivity contribution in [3.8, 4) is 0 Å². The van der Waals surface area contributed by atoms with Crippen LogP contribution >= 0.6 is 0 Å². The Bertz CT molecular complexity index is 857. The van der Waals surface area contributed by atoms with Crippen molar-refractivity contribution in [2.24, 2.45) is 14.1 Å². The monoisotopic (exact) mass is 330 g/mol. The Morgan fingerprint density at radius 3 is 1.22 bits per heavy atom. The van der Waals surface area contributed by atoms with E-state index in [2.05, 4.69) is 9.97 Å². The van der Waals surface area contributed by atoms with Crippen molar-refractivity contribution in [1.82, 2.24) is 19.1 Å². The summed E-state index contributed by atoms with van der Waals surface area (Å²) in [7, 11) is 2.63. The zero-order valence-electron chi connectivity index (χ0n) is 12.3.